The third kappa shape index (κ3) is 3.33. The van der Waals surface area contributed by atoms with Gasteiger partial charge in [-0.25, -0.2) is 4.39 Å². The molecule has 1 aromatic carbocycles. The van der Waals surface area contributed by atoms with E-state index in [1.165, 1.54) is 12.3 Å². The van der Waals surface area contributed by atoms with E-state index in [2.05, 4.69) is 4.98 Å². The summed E-state index contributed by atoms with van der Waals surface area (Å²) in [6.07, 6.45) is 1.50. The van der Waals surface area contributed by atoms with Crippen LogP contribution in [0.1, 0.15) is 36.6 Å². The molecule has 0 N–H and O–H groups in total. The van der Waals surface area contributed by atoms with E-state index < -0.39 is 0 Å². The highest BCUT2D eigenvalue weighted by Gasteiger charge is 2.08. The highest BCUT2D eigenvalue weighted by Crippen LogP contribution is 2.24. The van der Waals surface area contributed by atoms with Crippen LogP contribution < -0.4 is 4.74 Å². The van der Waals surface area contributed by atoms with Gasteiger partial charge in [-0.1, -0.05) is 13.8 Å². The van der Waals surface area contributed by atoms with Crippen LogP contribution in [0.25, 0.3) is 0 Å². The van der Waals surface area contributed by atoms with Crippen LogP contribution >= 0.6 is 0 Å². The fourth-order valence-corrected chi connectivity index (χ4v) is 1.79. The molecule has 0 atom stereocenters. The van der Waals surface area contributed by atoms with Crippen LogP contribution in [0.3, 0.4) is 0 Å². The van der Waals surface area contributed by atoms with Crippen molar-refractivity contribution in [3.05, 3.63) is 59.2 Å². The summed E-state index contributed by atoms with van der Waals surface area (Å²) in [7, 11) is 0. The largest absolute Gasteiger partial charge is 0.487 e. The average molecular weight is 270 g/mol. The zero-order chi connectivity index (χ0) is 14.5. The van der Waals surface area contributed by atoms with Gasteiger partial charge in [0.05, 0.1) is 11.3 Å². The minimum atomic E-state index is -0.219. The summed E-state index contributed by atoms with van der Waals surface area (Å²) in [4.78, 5) is 4.12. The van der Waals surface area contributed by atoms with E-state index in [1.807, 2.05) is 19.9 Å². The number of aromatic nitrogens is 1. The monoisotopic (exact) mass is 270 g/mol. The van der Waals surface area contributed by atoms with Gasteiger partial charge in [0.2, 0.25) is 0 Å². The second-order valence-corrected chi connectivity index (χ2v) is 4.78. The van der Waals surface area contributed by atoms with Crippen molar-refractivity contribution < 1.29 is 9.13 Å². The summed E-state index contributed by atoms with van der Waals surface area (Å²) in [5.41, 5.74) is 1.87. The van der Waals surface area contributed by atoms with Crippen molar-refractivity contribution in [3.8, 4) is 11.8 Å². The third-order valence-corrected chi connectivity index (χ3v) is 2.93. The standard InChI is InChI=1S/C16H15FN2O/c1-11(2)15-7-14(5-6-16(15)17)20-10-13-4-3-12(8-18)9-19-13/h3-7,9,11H,10H2,1-2H3. The van der Waals surface area contributed by atoms with Crippen LogP contribution in [0, 0.1) is 17.1 Å². The molecule has 4 heteroatoms. The number of nitrogens with zero attached hydrogens (tertiary/aromatic N) is 2. The number of benzene rings is 1. The number of ether oxygens (including phenoxy) is 1. The first-order valence-electron chi connectivity index (χ1n) is 6.37. The molecule has 0 spiro atoms. The van der Waals surface area contributed by atoms with E-state index in [0.29, 0.717) is 16.9 Å². The summed E-state index contributed by atoms with van der Waals surface area (Å²) in [5.74, 6) is 0.497. The minimum Gasteiger partial charge on any atom is -0.487 e. The Labute approximate surface area is 117 Å². The zero-order valence-corrected chi connectivity index (χ0v) is 11.4. The second kappa shape index (κ2) is 6.16. The molecule has 0 aliphatic heterocycles. The number of nitriles is 1. The summed E-state index contributed by atoms with van der Waals surface area (Å²) < 4.78 is 19.2. The van der Waals surface area contributed by atoms with Crippen LogP contribution in [0.15, 0.2) is 36.5 Å². The number of rotatable bonds is 4. The van der Waals surface area contributed by atoms with Crippen molar-refractivity contribution in [3.63, 3.8) is 0 Å². The van der Waals surface area contributed by atoms with Gasteiger partial charge in [0.25, 0.3) is 0 Å². The molecule has 0 bridgehead atoms. The fourth-order valence-electron chi connectivity index (χ4n) is 1.79. The summed E-state index contributed by atoms with van der Waals surface area (Å²) in [6, 6.07) is 10.2. The number of pyridine rings is 1. The normalized spacial score (nSPS) is 10.3. The van der Waals surface area contributed by atoms with E-state index in [9.17, 15) is 4.39 Å². The van der Waals surface area contributed by atoms with E-state index in [1.54, 1.807) is 24.3 Å². The van der Waals surface area contributed by atoms with Gasteiger partial charge in [-0.3, -0.25) is 4.98 Å². The molecule has 0 amide bonds. The molecule has 1 aromatic heterocycles. The van der Waals surface area contributed by atoms with Crippen molar-refractivity contribution in [2.45, 2.75) is 26.4 Å². The van der Waals surface area contributed by atoms with E-state index in [-0.39, 0.29) is 18.3 Å². The Morgan fingerprint density at radius 3 is 2.70 bits per heavy atom. The SMILES string of the molecule is CC(C)c1cc(OCc2ccc(C#N)cn2)ccc1F. The molecule has 0 aliphatic carbocycles. The zero-order valence-electron chi connectivity index (χ0n) is 11.4. The van der Waals surface area contributed by atoms with Gasteiger partial charge in [0, 0.05) is 6.20 Å². The molecule has 2 aromatic rings. The molecular weight excluding hydrogens is 255 g/mol. The minimum absolute atomic E-state index is 0.103. The van der Waals surface area contributed by atoms with E-state index in [0.717, 1.165) is 5.69 Å². The van der Waals surface area contributed by atoms with Crippen molar-refractivity contribution in [1.82, 2.24) is 4.98 Å². The number of hydrogen-bond acceptors (Lipinski definition) is 3. The van der Waals surface area contributed by atoms with Gasteiger partial charge in [-0.2, -0.15) is 5.26 Å². The summed E-state index contributed by atoms with van der Waals surface area (Å²) in [5, 5.41) is 8.69. The van der Waals surface area contributed by atoms with Gasteiger partial charge in [-0.15, -0.1) is 0 Å². The first-order valence-corrected chi connectivity index (χ1v) is 6.37. The van der Waals surface area contributed by atoms with Crippen molar-refractivity contribution >= 4 is 0 Å². The van der Waals surface area contributed by atoms with Gasteiger partial charge < -0.3 is 4.74 Å². The molecule has 0 radical (unpaired) electrons. The second-order valence-electron chi connectivity index (χ2n) is 4.78. The Balaban J connectivity index is 2.07. The lowest BCUT2D eigenvalue weighted by atomic mass is 10.0. The van der Waals surface area contributed by atoms with Crippen LogP contribution in [0.5, 0.6) is 5.75 Å². The van der Waals surface area contributed by atoms with Crippen LogP contribution in [-0.4, -0.2) is 4.98 Å². The predicted molar refractivity (Wildman–Crippen MR) is 73.8 cm³/mol. The number of halogens is 1. The lowest BCUT2D eigenvalue weighted by Crippen LogP contribution is -2.00. The molecule has 1 heterocycles. The maximum absolute atomic E-state index is 13.6. The fraction of sp³-hybridized carbons (Fsp3) is 0.250. The Bertz CT molecular complexity index is 630. The topological polar surface area (TPSA) is 45.9 Å². The van der Waals surface area contributed by atoms with Crippen LogP contribution in [0.2, 0.25) is 0 Å². The highest BCUT2D eigenvalue weighted by atomic mass is 19.1. The molecule has 2 rings (SSSR count). The molecule has 3 nitrogen and oxygen atoms in total. The van der Waals surface area contributed by atoms with E-state index >= 15 is 0 Å². The van der Waals surface area contributed by atoms with Gasteiger partial charge >= 0.3 is 0 Å². The average Bonchev–Trinajstić information content (AvgIpc) is 2.46. The molecule has 0 saturated carbocycles. The van der Waals surface area contributed by atoms with Gasteiger partial charge in [0.1, 0.15) is 24.2 Å². The van der Waals surface area contributed by atoms with Crippen molar-refractivity contribution in [2.24, 2.45) is 0 Å². The number of hydrogen-bond donors (Lipinski definition) is 0. The lowest BCUT2D eigenvalue weighted by molar-refractivity contribution is 0.300. The first-order chi connectivity index (χ1) is 9.60. The van der Waals surface area contributed by atoms with Gasteiger partial charge in [0.15, 0.2) is 0 Å². The predicted octanol–water partition coefficient (Wildman–Crippen LogP) is 3.79. The third-order valence-electron chi connectivity index (χ3n) is 2.93. The van der Waals surface area contributed by atoms with Crippen LogP contribution in [0.4, 0.5) is 4.39 Å². The van der Waals surface area contributed by atoms with E-state index in [4.69, 9.17) is 10.00 Å². The molecule has 0 fully saturated rings. The summed E-state index contributed by atoms with van der Waals surface area (Å²) >= 11 is 0. The molecule has 0 saturated heterocycles. The Hall–Kier alpha value is -2.41. The molecular formula is C16H15FN2O. The molecule has 0 unspecified atom stereocenters. The van der Waals surface area contributed by atoms with Crippen molar-refractivity contribution in [2.75, 3.05) is 0 Å². The maximum atomic E-state index is 13.6. The highest BCUT2D eigenvalue weighted by molar-refractivity contribution is 5.32. The van der Waals surface area contributed by atoms with Crippen molar-refractivity contribution in [1.29, 1.82) is 5.26 Å². The quantitative estimate of drug-likeness (QED) is 0.849. The smallest absolute Gasteiger partial charge is 0.130 e. The van der Waals surface area contributed by atoms with Gasteiger partial charge in [-0.05, 0) is 41.8 Å². The first kappa shape index (κ1) is 14.0. The Morgan fingerprint density at radius 2 is 2.10 bits per heavy atom. The molecule has 0 aliphatic rings. The lowest BCUT2D eigenvalue weighted by Gasteiger charge is -2.11. The van der Waals surface area contributed by atoms with Crippen LogP contribution in [-0.2, 0) is 6.61 Å². The Kier molecular flexibility index (Phi) is 4.31. The summed E-state index contributed by atoms with van der Waals surface area (Å²) in [6.45, 7) is 4.16. The maximum Gasteiger partial charge on any atom is 0.130 e. The molecule has 102 valence electrons. The molecule has 20 heavy (non-hydrogen) atoms. The Morgan fingerprint density at radius 1 is 1.30 bits per heavy atom.